The molecule has 0 unspecified atom stereocenters. The summed E-state index contributed by atoms with van der Waals surface area (Å²) in [6.07, 6.45) is 5.82. The SMILES string of the molecule is Cc1cc(CNC(=O)c2ccncc2)c(C)n1C1CC1. The summed E-state index contributed by atoms with van der Waals surface area (Å²) in [6, 6.07) is 6.31. The third-order valence-electron chi connectivity index (χ3n) is 3.88. The molecule has 2 heterocycles. The Morgan fingerprint density at radius 2 is 2.05 bits per heavy atom. The van der Waals surface area contributed by atoms with E-state index in [2.05, 4.69) is 34.8 Å². The fourth-order valence-corrected chi connectivity index (χ4v) is 2.70. The molecular formula is C16H19N3O. The van der Waals surface area contributed by atoms with E-state index in [-0.39, 0.29) is 5.91 Å². The highest BCUT2D eigenvalue weighted by atomic mass is 16.1. The van der Waals surface area contributed by atoms with Gasteiger partial charge < -0.3 is 9.88 Å². The average molecular weight is 269 g/mol. The Kier molecular flexibility index (Phi) is 3.30. The van der Waals surface area contributed by atoms with Crippen molar-refractivity contribution in [2.45, 2.75) is 39.3 Å². The third-order valence-corrected chi connectivity index (χ3v) is 3.88. The van der Waals surface area contributed by atoms with Gasteiger partial charge in [-0.3, -0.25) is 9.78 Å². The zero-order chi connectivity index (χ0) is 14.1. The van der Waals surface area contributed by atoms with Crippen molar-refractivity contribution in [1.29, 1.82) is 0 Å². The van der Waals surface area contributed by atoms with Gasteiger partial charge in [-0.2, -0.15) is 0 Å². The van der Waals surface area contributed by atoms with Crippen molar-refractivity contribution in [2.24, 2.45) is 0 Å². The summed E-state index contributed by atoms with van der Waals surface area (Å²) >= 11 is 0. The topological polar surface area (TPSA) is 46.9 Å². The van der Waals surface area contributed by atoms with Crippen molar-refractivity contribution in [3.05, 3.63) is 53.1 Å². The van der Waals surface area contributed by atoms with E-state index in [0.29, 0.717) is 18.2 Å². The molecule has 3 rings (SSSR count). The van der Waals surface area contributed by atoms with E-state index in [1.807, 2.05) is 0 Å². The zero-order valence-electron chi connectivity index (χ0n) is 11.9. The molecular weight excluding hydrogens is 250 g/mol. The number of rotatable bonds is 4. The Morgan fingerprint density at radius 1 is 1.35 bits per heavy atom. The Balaban J connectivity index is 1.70. The summed E-state index contributed by atoms with van der Waals surface area (Å²) in [4.78, 5) is 15.9. The van der Waals surface area contributed by atoms with Crippen LogP contribution in [0.2, 0.25) is 0 Å². The standard InChI is InChI=1S/C16H19N3O/c1-11-9-14(12(2)19(11)15-3-4-15)10-18-16(20)13-5-7-17-8-6-13/h5-9,15H,3-4,10H2,1-2H3,(H,18,20). The first-order valence-corrected chi connectivity index (χ1v) is 7.02. The summed E-state index contributed by atoms with van der Waals surface area (Å²) in [6.45, 7) is 4.85. The second kappa shape index (κ2) is 5.12. The smallest absolute Gasteiger partial charge is 0.251 e. The molecule has 0 aliphatic heterocycles. The van der Waals surface area contributed by atoms with Gasteiger partial charge in [-0.25, -0.2) is 0 Å². The molecule has 4 heteroatoms. The maximum absolute atomic E-state index is 12.0. The van der Waals surface area contributed by atoms with Crippen LogP contribution in [-0.2, 0) is 6.54 Å². The average Bonchev–Trinajstić information content (AvgIpc) is 3.24. The van der Waals surface area contributed by atoms with Gasteiger partial charge in [-0.05, 0) is 50.5 Å². The number of aromatic nitrogens is 2. The maximum Gasteiger partial charge on any atom is 0.251 e. The molecule has 20 heavy (non-hydrogen) atoms. The van der Waals surface area contributed by atoms with Gasteiger partial charge in [-0.1, -0.05) is 0 Å². The summed E-state index contributed by atoms with van der Waals surface area (Å²) < 4.78 is 2.40. The summed E-state index contributed by atoms with van der Waals surface area (Å²) in [5.41, 5.74) is 4.42. The minimum atomic E-state index is -0.0522. The number of aryl methyl sites for hydroxylation is 1. The molecule has 1 aliphatic rings. The van der Waals surface area contributed by atoms with Crippen LogP contribution in [0.4, 0.5) is 0 Å². The van der Waals surface area contributed by atoms with Crippen LogP contribution < -0.4 is 5.32 Å². The van der Waals surface area contributed by atoms with Crippen LogP contribution in [0.5, 0.6) is 0 Å². The second-order valence-electron chi connectivity index (χ2n) is 5.42. The van der Waals surface area contributed by atoms with E-state index in [1.165, 1.54) is 29.8 Å². The highest BCUT2D eigenvalue weighted by Crippen LogP contribution is 2.38. The molecule has 0 saturated heterocycles. The molecule has 1 saturated carbocycles. The van der Waals surface area contributed by atoms with Crippen molar-refractivity contribution < 1.29 is 4.79 Å². The number of pyridine rings is 1. The molecule has 1 fully saturated rings. The Morgan fingerprint density at radius 3 is 2.70 bits per heavy atom. The first-order chi connectivity index (χ1) is 9.66. The minimum absolute atomic E-state index is 0.0522. The molecule has 4 nitrogen and oxygen atoms in total. The highest BCUT2D eigenvalue weighted by Gasteiger charge is 2.26. The van der Waals surface area contributed by atoms with Crippen molar-refractivity contribution in [2.75, 3.05) is 0 Å². The van der Waals surface area contributed by atoms with Crippen LogP contribution >= 0.6 is 0 Å². The van der Waals surface area contributed by atoms with Gasteiger partial charge in [0, 0.05) is 41.9 Å². The van der Waals surface area contributed by atoms with E-state index in [1.54, 1.807) is 24.5 Å². The lowest BCUT2D eigenvalue weighted by atomic mass is 10.2. The number of nitrogens with zero attached hydrogens (tertiary/aromatic N) is 2. The molecule has 104 valence electrons. The quantitative estimate of drug-likeness (QED) is 0.927. The lowest BCUT2D eigenvalue weighted by Gasteiger charge is -2.08. The van der Waals surface area contributed by atoms with E-state index in [4.69, 9.17) is 0 Å². The first kappa shape index (κ1) is 12.9. The Bertz CT molecular complexity index is 627. The lowest BCUT2D eigenvalue weighted by Crippen LogP contribution is -2.23. The van der Waals surface area contributed by atoms with Gasteiger partial charge in [0.25, 0.3) is 5.91 Å². The molecule has 1 N–H and O–H groups in total. The molecule has 0 atom stereocenters. The van der Waals surface area contributed by atoms with Crippen LogP contribution in [-0.4, -0.2) is 15.5 Å². The number of amides is 1. The van der Waals surface area contributed by atoms with Crippen LogP contribution in [0.3, 0.4) is 0 Å². The van der Waals surface area contributed by atoms with Gasteiger partial charge in [0.15, 0.2) is 0 Å². The Hall–Kier alpha value is -2.10. The van der Waals surface area contributed by atoms with Crippen molar-refractivity contribution in [1.82, 2.24) is 14.9 Å². The van der Waals surface area contributed by atoms with Crippen LogP contribution in [0.1, 0.15) is 46.2 Å². The normalized spacial score (nSPS) is 14.3. The van der Waals surface area contributed by atoms with Gasteiger partial charge in [0.05, 0.1) is 0 Å². The number of carbonyl (C=O) groups is 1. The first-order valence-electron chi connectivity index (χ1n) is 7.02. The van der Waals surface area contributed by atoms with Crippen LogP contribution in [0, 0.1) is 13.8 Å². The van der Waals surface area contributed by atoms with E-state index < -0.39 is 0 Å². The monoisotopic (exact) mass is 269 g/mol. The van der Waals surface area contributed by atoms with Gasteiger partial charge in [0.2, 0.25) is 0 Å². The van der Waals surface area contributed by atoms with E-state index >= 15 is 0 Å². The van der Waals surface area contributed by atoms with Crippen LogP contribution in [0.15, 0.2) is 30.6 Å². The molecule has 1 aliphatic carbocycles. The van der Waals surface area contributed by atoms with Gasteiger partial charge >= 0.3 is 0 Å². The molecule has 2 aromatic rings. The molecule has 0 radical (unpaired) electrons. The number of hydrogen-bond acceptors (Lipinski definition) is 2. The predicted molar refractivity (Wildman–Crippen MR) is 77.6 cm³/mol. The molecule has 0 bridgehead atoms. The number of hydrogen-bond donors (Lipinski definition) is 1. The fraction of sp³-hybridized carbons (Fsp3) is 0.375. The molecule has 2 aromatic heterocycles. The van der Waals surface area contributed by atoms with Crippen LogP contribution in [0.25, 0.3) is 0 Å². The van der Waals surface area contributed by atoms with Crippen molar-refractivity contribution >= 4 is 5.91 Å². The van der Waals surface area contributed by atoms with Gasteiger partial charge in [0.1, 0.15) is 0 Å². The van der Waals surface area contributed by atoms with Gasteiger partial charge in [-0.15, -0.1) is 0 Å². The summed E-state index contributed by atoms with van der Waals surface area (Å²) in [7, 11) is 0. The fourth-order valence-electron chi connectivity index (χ4n) is 2.70. The maximum atomic E-state index is 12.0. The van der Waals surface area contributed by atoms with E-state index in [0.717, 1.165) is 0 Å². The van der Waals surface area contributed by atoms with Crippen molar-refractivity contribution in [3.8, 4) is 0 Å². The minimum Gasteiger partial charge on any atom is -0.348 e. The summed E-state index contributed by atoms with van der Waals surface area (Å²) in [5.74, 6) is -0.0522. The number of nitrogens with one attached hydrogen (secondary N) is 1. The van der Waals surface area contributed by atoms with E-state index in [9.17, 15) is 4.79 Å². The third kappa shape index (κ3) is 2.46. The number of carbonyl (C=O) groups excluding carboxylic acids is 1. The Labute approximate surface area is 118 Å². The van der Waals surface area contributed by atoms with Crippen molar-refractivity contribution in [3.63, 3.8) is 0 Å². The lowest BCUT2D eigenvalue weighted by molar-refractivity contribution is 0.0951. The molecule has 0 spiro atoms. The molecule has 1 amide bonds. The highest BCUT2D eigenvalue weighted by molar-refractivity contribution is 5.93. The largest absolute Gasteiger partial charge is 0.348 e. The zero-order valence-corrected chi connectivity index (χ0v) is 11.9. The second-order valence-corrected chi connectivity index (χ2v) is 5.42. The summed E-state index contributed by atoms with van der Waals surface area (Å²) in [5, 5.41) is 2.98. The predicted octanol–water partition coefficient (Wildman–Crippen LogP) is 2.76. The molecule has 0 aromatic carbocycles.